The number of hydrogen-bond donors (Lipinski definition) is 2. The second-order valence-corrected chi connectivity index (χ2v) is 8.47. The van der Waals surface area contributed by atoms with Crippen LogP contribution in [0.25, 0.3) is 0 Å². The fourth-order valence-electron chi connectivity index (χ4n) is 3.66. The highest BCUT2D eigenvalue weighted by atomic mass is 19.4. The summed E-state index contributed by atoms with van der Waals surface area (Å²) in [6.45, 7) is 6.61. The fraction of sp³-hybridized carbons (Fsp3) is 0.545. The highest BCUT2D eigenvalue weighted by molar-refractivity contribution is 5.73. The molecule has 2 aromatic heterocycles. The second-order valence-electron chi connectivity index (χ2n) is 8.47. The number of ether oxygens (including phenoxy) is 1. The van der Waals surface area contributed by atoms with E-state index in [-0.39, 0.29) is 0 Å². The summed E-state index contributed by atoms with van der Waals surface area (Å²) < 4.78 is 71.3. The van der Waals surface area contributed by atoms with Gasteiger partial charge in [0.15, 0.2) is 0 Å². The van der Waals surface area contributed by atoms with E-state index in [4.69, 9.17) is 29.5 Å². The molecule has 2 aliphatic heterocycles. The Kier molecular flexibility index (Phi) is 11.0. The average molecular weight is 555 g/mol. The molecule has 1 atom stereocenters. The van der Waals surface area contributed by atoms with Crippen molar-refractivity contribution in [3.8, 4) is 0 Å². The molecule has 4 rings (SSSR count). The van der Waals surface area contributed by atoms with E-state index >= 15 is 0 Å². The molecule has 0 saturated carbocycles. The normalized spacial score (nSPS) is 17.6. The average Bonchev–Trinajstić information content (AvgIpc) is 3.48. The smallest absolute Gasteiger partial charge is 0.475 e. The predicted molar refractivity (Wildman–Crippen MR) is 119 cm³/mol. The number of imidazole rings is 1. The SMILES string of the molecule is CN(Cc1cccnc1)Cc1cn2c(n1)CN(C1CCOC1)CC2.O=C(O)C(F)(F)F.O=C(O)C(F)(F)F. The zero-order chi connectivity index (χ0) is 28.5. The lowest BCUT2D eigenvalue weighted by Crippen LogP contribution is -2.41. The van der Waals surface area contributed by atoms with Gasteiger partial charge in [0.25, 0.3) is 0 Å². The third-order valence-corrected chi connectivity index (χ3v) is 5.40. The Labute approximate surface area is 213 Å². The molecule has 0 bridgehead atoms. The van der Waals surface area contributed by atoms with Crippen LogP contribution in [0.3, 0.4) is 0 Å². The zero-order valence-electron chi connectivity index (χ0n) is 20.2. The van der Waals surface area contributed by atoms with E-state index < -0.39 is 24.3 Å². The van der Waals surface area contributed by atoms with Gasteiger partial charge in [-0.05, 0) is 25.1 Å². The van der Waals surface area contributed by atoms with E-state index in [0.29, 0.717) is 6.04 Å². The molecule has 0 spiro atoms. The van der Waals surface area contributed by atoms with Crippen LogP contribution in [0.4, 0.5) is 26.3 Å². The lowest BCUT2D eigenvalue weighted by molar-refractivity contribution is -0.193. The van der Waals surface area contributed by atoms with Crippen LogP contribution < -0.4 is 0 Å². The summed E-state index contributed by atoms with van der Waals surface area (Å²) in [5.74, 6) is -4.32. The molecule has 2 aromatic rings. The number of aromatic nitrogens is 3. The monoisotopic (exact) mass is 555 g/mol. The molecule has 0 amide bonds. The first-order chi connectivity index (χ1) is 17.7. The van der Waals surface area contributed by atoms with Gasteiger partial charge in [0.1, 0.15) is 5.82 Å². The first-order valence-corrected chi connectivity index (χ1v) is 11.2. The number of rotatable bonds is 5. The van der Waals surface area contributed by atoms with Gasteiger partial charge in [-0.25, -0.2) is 14.6 Å². The first-order valence-electron chi connectivity index (χ1n) is 11.2. The Morgan fingerprint density at radius 2 is 1.74 bits per heavy atom. The number of fused-ring (bicyclic) bond motifs is 1. The Hall–Kier alpha value is -3.24. The van der Waals surface area contributed by atoms with Gasteiger partial charge in [0, 0.05) is 57.4 Å². The van der Waals surface area contributed by atoms with Crippen LogP contribution >= 0.6 is 0 Å². The van der Waals surface area contributed by atoms with Crippen LogP contribution in [-0.2, 0) is 40.5 Å². The van der Waals surface area contributed by atoms with Gasteiger partial charge in [-0.2, -0.15) is 26.3 Å². The van der Waals surface area contributed by atoms with Crippen LogP contribution in [0, 0.1) is 0 Å². The molecule has 1 saturated heterocycles. The Bertz CT molecular complexity index is 1020. The van der Waals surface area contributed by atoms with E-state index in [1.165, 1.54) is 11.4 Å². The maximum absolute atomic E-state index is 10.6. The molecule has 10 nitrogen and oxygen atoms in total. The number of hydrogen-bond acceptors (Lipinski definition) is 7. The third-order valence-electron chi connectivity index (χ3n) is 5.40. The lowest BCUT2D eigenvalue weighted by atomic mass is 10.2. The second kappa shape index (κ2) is 13.5. The van der Waals surface area contributed by atoms with Crippen LogP contribution in [0.1, 0.15) is 23.5 Å². The van der Waals surface area contributed by atoms with Crippen molar-refractivity contribution in [2.24, 2.45) is 0 Å². The number of pyridine rings is 1. The number of nitrogens with zero attached hydrogens (tertiary/aromatic N) is 5. The van der Waals surface area contributed by atoms with Crippen molar-refractivity contribution >= 4 is 11.9 Å². The number of carbonyl (C=O) groups is 2. The molecular formula is C22H27F6N5O5. The minimum absolute atomic E-state index is 0.576. The van der Waals surface area contributed by atoms with Crippen LogP contribution in [0.5, 0.6) is 0 Å². The lowest BCUT2D eigenvalue weighted by Gasteiger charge is -2.31. The molecule has 0 aromatic carbocycles. The van der Waals surface area contributed by atoms with Gasteiger partial charge in [-0.15, -0.1) is 0 Å². The summed E-state index contributed by atoms with van der Waals surface area (Å²) in [5.41, 5.74) is 2.39. The number of alkyl halides is 6. The maximum Gasteiger partial charge on any atom is 0.490 e. The number of aliphatic carboxylic acids is 2. The van der Waals surface area contributed by atoms with Gasteiger partial charge in [0.05, 0.1) is 18.8 Å². The summed E-state index contributed by atoms with van der Waals surface area (Å²) in [5, 5.41) is 14.2. The van der Waals surface area contributed by atoms with E-state index in [9.17, 15) is 26.3 Å². The highest BCUT2D eigenvalue weighted by Crippen LogP contribution is 2.20. The summed E-state index contributed by atoms with van der Waals surface area (Å²) in [6, 6.07) is 4.68. The minimum atomic E-state index is -5.08. The Morgan fingerprint density at radius 3 is 2.24 bits per heavy atom. The summed E-state index contributed by atoms with van der Waals surface area (Å²) in [6.07, 6.45) is -3.05. The summed E-state index contributed by atoms with van der Waals surface area (Å²) >= 11 is 0. The topological polar surface area (TPSA) is 121 Å². The van der Waals surface area contributed by atoms with Gasteiger partial charge in [0.2, 0.25) is 0 Å². The Morgan fingerprint density at radius 1 is 1.11 bits per heavy atom. The first kappa shape index (κ1) is 31.0. The maximum atomic E-state index is 10.6. The van der Waals surface area contributed by atoms with Gasteiger partial charge in [-0.1, -0.05) is 6.07 Å². The number of halogens is 6. The molecule has 1 unspecified atom stereocenters. The Balaban J connectivity index is 0.000000301. The van der Waals surface area contributed by atoms with Crippen molar-refractivity contribution in [2.45, 2.75) is 51.0 Å². The number of carboxylic acids is 2. The molecule has 4 heterocycles. The van der Waals surface area contributed by atoms with Crippen molar-refractivity contribution in [1.29, 1.82) is 0 Å². The highest BCUT2D eigenvalue weighted by Gasteiger charge is 2.38. The summed E-state index contributed by atoms with van der Waals surface area (Å²) in [7, 11) is 2.13. The van der Waals surface area contributed by atoms with Crippen molar-refractivity contribution in [2.75, 3.05) is 26.8 Å². The van der Waals surface area contributed by atoms with Crippen LogP contribution in [0.15, 0.2) is 30.7 Å². The van der Waals surface area contributed by atoms with Crippen molar-refractivity contribution in [1.82, 2.24) is 24.3 Å². The molecule has 2 aliphatic rings. The zero-order valence-corrected chi connectivity index (χ0v) is 20.2. The van der Waals surface area contributed by atoms with Crippen molar-refractivity contribution in [3.63, 3.8) is 0 Å². The standard InChI is InChI=1S/C18H25N5O.2C2HF3O2/c1-21(10-15-3-2-5-19-9-15)11-16-12-23-7-6-22(13-18(23)20-16)17-4-8-24-14-17;2*3-2(4,5)1(6)7/h2-3,5,9,12,17H,4,6-8,10-11,13-14H2,1H3;2*(H,6,7). The largest absolute Gasteiger partial charge is 0.490 e. The molecule has 1 fully saturated rings. The summed E-state index contributed by atoms with van der Waals surface area (Å²) in [4.78, 5) is 31.7. The molecule has 38 heavy (non-hydrogen) atoms. The molecule has 0 radical (unpaired) electrons. The van der Waals surface area contributed by atoms with E-state index in [1.54, 1.807) is 0 Å². The van der Waals surface area contributed by atoms with E-state index in [2.05, 4.69) is 38.7 Å². The minimum Gasteiger partial charge on any atom is -0.475 e. The molecule has 16 heteroatoms. The number of carboxylic acid groups (broad SMARTS) is 2. The molecule has 0 aliphatic carbocycles. The van der Waals surface area contributed by atoms with Crippen molar-refractivity contribution < 1.29 is 50.9 Å². The van der Waals surface area contributed by atoms with Gasteiger partial charge in [-0.3, -0.25) is 14.8 Å². The van der Waals surface area contributed by atoms with Crippen LogP contribution in [-0.4, -0.2) is 91.7 Å². The molecule has 2 N–H and O–H groups in total. The van der Waals surface area contributed by atoms with Gasteiger partial charge >= 0.3 is 24.3 Å². The molecular weight excluding hydrogens is 528 g/mol. The molecule has 212 valence electrons. The van der Waals surface area contributed by atoms with Gasteiger partial charge < -0.3 is 19.5 Å². The van der Waals surface area contributed by atoms with E-state index in [0.717, 1.165) is 58.1 Å². The fourth-order valence-corrected chi connectivity index (χ4v) is 3.66. The predicted octanol–water partition coefficient (Wildman–Crippen LogP) is 2.78. The van der Waals surface area contributed by atoms with Crippen molar-refractivity contribution in [3.05, 3.63) is 47.8 Å². The quantitative estimate of drug-likeness (QED) is 0.537. The third kappa shape index (κ3) is 10.3. The van der Waals surface area contributed by atoms with Crippen LogP contribution in [0.2, 0.25) is 0 Å². The van der Waals surface area contributed by atoms with E-state index in [1.807, 2.05) is 18.5 Å².